The molecule has 1 rings (SSSR count). The Morgan fingerprint density at radius 3 is 2.48 bits per heavy atom. The van der Waals surface area contributed by atoms with Crippen LogP contribution in [0.4, 0.5) is 18.9 Å². The lowest BCUT2D eigenvalue weighted by molar-refractivity contribution is -0.255. The monoisotopic (exact) mass is 332 g/mol. The van der Waals surface area contributed by atoms with Gasteiger partial charge in [-0.3, -0.25) is 9.59 Å². The third-order valence-electron chi connectivity index (χ3n) is 2.56. The van der Waals surface area contributed by atoms with Gasteiger partial charge >= 0.3 is 12.1 Å². The molecule has 0 fully saturated rings. The summed E-state index contributed by atoms with van der Waals surface area (Å²) < 4.78 is 39.4. The zero-order valence-corrected chi connectivity index (χ0v) is 11.8. The molecule has 0 spiro atoms. The number of amides is 1. The number of hydrogen-bond acceptors (Lipinski definition) is 5. The summed E-state index contributed by atoms with van der Waals surface area (Å²) in [6, 6.07) is 5.36. The maximum Gasteiger partial charge on any atom is 0.422 e. The Morgan fingerprint density at radius 2 is 1.87 bits per heavy atom. The first-order chi connectivity index (χ1) is 10.7. The third kappa shape index (κ3) is 7.84. The van der Waals surface area contributed by atoms with Crippen molar-refractivity contribution in [3.8, 4) is 0 Å². The summed E-state index contributed by atoms with van der Waals surface area (Å²) in [5, 5.41) is 13.1. The van der Waals surface area contributed by atoms with Crippen molar-refractivity contribution >= 4 is 23.5 Å². The van der Waals surface area contributed by atoms with Crippen molar-refractivity contribution < 1.29 is 37.4 Å². The van der Waals surface area contributed by atoms with Gasteiger partial charge in [-0.1, -0.05) is 12.1 Å². The Bertz CT molecular complexity index is 586. The number of carbonyl (C=O) groups is 3. The van der Waals surface area contributed by atoms with Gasteiger partial charge in [-0.2, -0.15) is 13.2 Å². The summed E-state index contributed by atoms with van der Waals surface area (Å²) in [5.74, 6) is -2.95. The van der Waals surface area contributed by atoms with Crippen LogP contribution in [0.5, 0.6) is 0 Å². The van der Waals surface area contributed by atoms with Gasteiger partial charge in [0.2, 0.25) is 5.91 Å². The summed E-state index contributed by atoms with van der Waals surface area (Å²) in [6.45, 7) is -1.66. The predicted octanol–water partition coefficient (Wildman–Crippen LogP) is 1.26. The molecule has 0 heterocycles. The average Bonchev–Trinajstić information content (AvgIpc) is 2.44. The van der Waals surface area contributed by atoms with Crippen molar-refractivity contribution in [2.75, 3.05) is 11.9 Å². The molecule has 1 aromatic carbocycles. The molecule has 0 aliphatic carbocycles. The first-order valence-corrected chi connectivity index (χ1v) is 6.51. The number of benzene rings is 1. The Balaban J connectivity index is 2.33. The summed E-state index contributed by atoms with van der Waals surface area (Å²) in [7, 11) is 0. The van der Waals surface area contributed by atoms with Gasteiger partial charge in [0.1, 0.15) is 0 Å². The summed E-state index contributed by atoms with van der Waals surface area (Å²) in [5.41, 5.74) is 0.120. The number of carboxylic acid groups (broad SMARTS) is 1. The molecule has 0 atom stereocenters. The number of hydrogen-bond donors (Lipinski definition) is 1. The number of nitrogens with one attached hydrogen (secondary N) is 1. The maximum atomic E-state index is 11.8. The molecule has 1 aromatic rings. The lowest BCUT2D eigenvalue weighted by Crippen LogP contribution is -2.22. The van der Waals surface area contributed by atoms with Gasteiger partial charge in [-0.25, -0.2) is 0 Å². The van der Waals surface area contributed by atoms with Gasteiger partial charge in [0.25, 0.3) is 0 Å². The van der Waals surface area contributed by atoms with Crippen LogP contribution in [0, 0.1) is 0 Å². The van der Waals surface area contributed by atoms with Crippen LogP contribution in [0.1, 0.15) is 29.6 Å². The van der Waals surface area contributed by atoms with E-state index in [0.29, 0.717) is 0 Å². The highest BCUT2D eigenvalue weighted by molar-refractivity contribution is 5.93. The number of carbonyl (C=O) groups excluding carboxylic acids is 3. The third-order valence-corrected chi connectivity index (χ3v) is 2.56. The largest absolute Gasteiger partial charge is 0.545 e. The highest BCUT2D eigenvalue weighted by Gasteiger charge is 2.29. The quantitative estimate of drug-likeness (QED) is 0.759. The molecule has 0 saturated heterocycles. The maximum absolute atomic E-state index is 11.8. The Kier molecular flexibility index (Phi) is 6.55. The Morgan fingerprint density at radius 1 is 1.17 bits per heavy atom. The van der Waals surface area contributed by atoms with E-state index in [9.17, 15) is 32.7 Å². The van der Waals surface area contributed by atoms with Crippen molar-refractivity contribution in [2.45, 2.75) is 25.4 Å². The van der Waals surface area contributed by atoms with Crippen molar-refractivity contribution in [1.82, 2.24) is 0 Å². The SMILES string of the molecule is O=C(CCCC(=O)OCC(F)(F)F)Nc1cccc(C(=O)[O-])c1. The summed E-state index contributed by atoms with van der Waals surface area (Å²) in [6.07, 6.45) is -5.04. The highest BCUT2D eigenvalue weighted by Crippen LogP contribution is 2.15. The Labute approximate surface area is 129 Å². The van der Waals surface area contributed by atoms with Gasteiger partial charge in [-0.05, 0) is 24.1 Å². The molecule has 0 saturated carbocycles. The number of carboxylic acids is 1. The zero-order valence-electron chi connectivity index (χ0n) is 11.8. The van der Waals surface area contributed by atoms with Gasteiger partial charge in [-0.15, -0.1) is 0 Å². The molecule has 1 N–H and O–H groups in total. The van der Waals surface area contributed by atoms with E-state index in [1.54, 1.807) is 0 Å². The minimum absolute atomic E-state index is 0.00268. The number of rotatable bonds is 7. The lowest BCUT2D eigenvalue weighted by Gasteiger charge is -2.09. The second-order valence-corrected chi connectivity index (χ2v) is 4.55. The van der Waals surface area contributed by atoms with E-state index in [1.165, 1.54) is 24.3 Å². The van der Waals surface area contributed by atoms with E-state index in [1.807, 2.05) is 0 Å². The van der Waals surface area contributed by atoms with E-state index in [4.69, 9.17) is 0 Å². The number of anilines is 1. The summed E-state index contributed by atoms with van der Waals surface area (Å²) in [4.78, 5) is 33.3. The standard InChI is InChI=1S/C14H14F3NO5/c15-14(16,17)8-23-12(20)6-2-5-11(19)18-10-4-1-3-9(7-10)13(21)22/h1,3-4,7H,2,5-6,8H2,(H,18,19)(H,21,22)/p-1. The average molecular weight is 332 g/mol. The van der Waals surface area contributed by atoms with Crippen LogP contribution in [0.15, 0.2) is 24.3 Å². The summed E-state index contributed by atoms with van der Waals surface area (Å²) >= 11 is 0. The van der Waals surface area contributed by atoms with E-state index in [2.05, 4.69) is 10.1 Å². The van der Waals surface area contributed by atoms with Crippen molar-refractivity contribution in [3.05, 3.63) is 29.8 Å². The Hall–Kier alpha value is -2.58. The second-order valence-electron chi connectivity index (χ2n) is 4.55. The van der Waals surface area contributed by atoms with Crippen LogP contribution in [0.2, 0.25) is 0 Å². The topological polar surface area (TPSA) is 95.5 Å². The number of ether oxygens (including phenoxy) is 1. The van der Waals surface area contributed by atoms with Crippen LogP contribution in [0.3, 0.4) is 0 Å². The van der Waals surface area contributed by atoms with Gasteiger partial charge < -0.3 is 20.0 Å². The van der Waals surface area contributed by atoms with Crippen LogP contribution in [0.25, 0.3) is 0 Å². The zero-order chi connectivity index (χ0) is 17.5. The van der Waals surface area contributed by atoms with Crippen LogP contribution >= 0.6 is 0 Å². The van der Waals surface area contributed by atoms with Crippen LogP contribution < -0.4 is 10.4 Å². The van der Waals surface area contributed by atoms with Gasteiger partial charge in [0.15, 0.2) is 6.61 Å². The smallest absolute Gasteiger partial charge is 0.422 e. The molecular formula is C14H13F3NO5-. The molecule has 23 heavy (non-hydrogen) atoms. The number of alkyl halides is 3. The molecule has 0 aliphatic heterocycles. The van der Waals surface area contributed by atoms with E-state index >= 15 is 0 Å². The van der Waals surface area contributed by atoms with Crippen LogP contribution in [-0.2, 0) is 14.3 Å². The normalized spacial score (nSPS) is 10.9. The molecule has 0 bridgehead atoms. The minimum Gasteiger partial charge on any atom is -0.545 e. The first kappa shape index (κ1) is 18.5. The molecule has 126 valence electrons. The van der Waals surface area contributed by atoms with Gasteiger partial charge in [0.05, 0.1) is 5.97 Å². The van der Waals surface area contributed by atoms with E-state index in [-0.39, 0.29) is 30.5 Å². The van der Waals surface area contributed by atoms with Crippen molar-refractivity contribution in [1.29, 1.82) is 0 Å². The van der Waals surface area contributed by atoms with Gasteiger partial charge in [0, 0.05) is 18.5 Å². The predicted molar refractivity (Wildman–Crippen MR) is 70.3 cm³/mol. The van der Waals surface area contributed by atoms with E-state index in [0.717, 1.165) is 0 Å². The molecule has 0 unspecified atom stereocenters. The van der Waals surface area contributed by atoms with E-state index < -0.39 is 30.6 Å². The fourth-order valence-corrected chi connectivity index (χ4v) is 1.58. The lowest BCUT2D eigenvalue weighted by atomic mass is 10.2. The molecule has 9 heteroatoms. The number of aromatic carboxylic acids is 1. The number of esters is 1. The van der Waals surface area contributed by atoms with Crippen molar-refractivity contribution in [3.63, 3.8) is 0 Å². The number of halogens is 3. The molecule has 0 aromatic heterocycles. The minimum atomic E-state index is -4.59. The molecule has 0 aliphatic rings. The highest BCUT2D eigenvalue weighted by atomic mass is 19.4. The molecule has 6 nitrogen and oxygen atoms in total. The van der Waals surface area contributed by atoms with Crippen molar-refractivity contribution in [2.24, 2.45) is 0 Å². The fraction of sp³-hybridized carbons (Fsp3) is 0.357. The first-order valence-electron chi connectivity index (χ1n) is 6.51. The molecule has 0 radical (unpaired) electrons. The second kappa shape index (κ2) is 8.16. The molecule has 1 amide bonds. The van der Waals surface area contributed by atoms with Crippen LogP contribution in [-0.4, -0.2) is 30.6 Å². The molecular weight excluding hydrogens is 319 g/mol. The fourth-order valence-electron chi connectivity index (χ4n) is 1.58.